The fourth-order valence-electron chi connectivity index (χ4n) is 5.30. The number of amides is 2. The molecule has 0 radical (unpaired) electrons. The van der Waals surface area contributed by atoms with E-state index in [1.165, 1.54) is 21.9 Å². The highest BCUT2D eigenvalue weighted by molar-refractivity contribution is 6.50. The van der Waals surface area contributed by atoms with Crippen LogP contribution in [0.3, 0.4) is 0 Å². The van der Waals surface area contributed by atoms with Crippen molar-refractivity contribution in [2.24, 2.45) is 0 Å². The zero-order valence-electron chi connectivity index (χ0n) is 19.3. The second-order valence-electron chi connectivity index (χ2n) is 9.00. The predicted octanol–water partition coefficient (Wildman–Crippen LogP) is 3.42. The van der Waals surface area contributed by atoms with Crippen LogP contribution in [0.15, 0.2) is 60.7 Å². The van der Waals surface area contributed by atoms with E-state index in [1.54, 1.807) is 37.3 Å². The second kappa shape index (κ2) is 8.46. The van der Waals surface area contributed by atoms with E-state index in [-0.39, 0.29) is 30.3 Å². The molecule has 2 fully saturated rings. The zero-order valence-corrected chi connectivity index (χ0v) is 19.3. The van der Waals surface area contributed by atoms with Crippen LogP contribution >= 0.6 is 0 Å². The van der Waals surface area contributed by atoms with Gasteiger partial charge in [-0.15, -0.1) is 6.58 Å². The summed E-state index contributed by atoms with van der Waals surface area (Å²) in [4.78, 5) is 43.8. The lowest BCUT2D eigenvalue weighted by Gasteiger charge is -2.35. The van der Waals surface area contributed by atoms with Crippen molar-refractivity contribution in [1.82, 2.24) is 4.90 Å². The molecule has 3 aliphatic heterocycles. The van der Waals surface area contributed by atoms with Gasteiger partial charge in [-0.1, -0.05) is 36.4 Å². The molecule has 0 saturated carbocycles. The molecule has 3 heterocycles. The van der Waals surface area contributed by atoms with Crippen LogP contribution in [-0.4, -0.2) is 53.4 Å². The normalized spacial score (nSPS) is 25.1. The number of ketones is 1. The highest BCUT2D eigenvalue weighted by atomic mass is 19.1. The number of aryl methyl sites for hydroxylation is 1. The van der Waals surface area contributed by atoms with Crippen LogP contribution in [0.2, 0.25) is 0 Å². The van der Waals surface area contributed by atoms with Crippen LogP contribution < -0.4 is 4.90 Å². The van der Waals surface area contributed by atoms with Crippen molar-refractivity contribution < 1.29 is 28.6 Å². The van der Waals surface area contributed by atoms with Gasteiger partial charge in [0.2, 0.25) is 0 Å². The van der Waals surface area contributed by atoms with Crippen LogP contribution in [0.5, 0.6) is 0 Å². The van der Waals surface area contributed by atoms with Gasteiger partial charge in [-0.3, -0.25) is 14.4 Å². The number of anilines is 1. The first-order valence-corrected chi connectivity index (χ1v) is 11.5. The summed E-state index contributed by atoms with van der Waals surface area (Å²) in [6.45, 7) is 5.98. The third-order valence-corrected chi connectivity index (χ3v) is 6.98. The molecule has 2 saturated heterocycles. The number of nitrogens with zero attached hydrogens (tertiary/aromatic N) is 2. The van der Waals surface area contributed by atoms with E-state index in [2.05, 4.69) is 6.58 Å². The standard InChI is InChI=1S/C27H25FN2O5/c1-3-12-29-21-9-5-4-8-19(21)27(26(29)34)22(23(31)17-11-10-16(2)20(28)14-17)24(32)25(33)30(27)15-18-7-6-13-35-18/h3-5,8-11,14,18,31H,1,6-7,12-13,15H2,2H3/t18-,27-/m1/s1. The Balaban J connectivity index is 1.80. The van der Waals surface area contributed by atoms with Crippen molar-refractivity contribution in [3.8, 4) is 0 Å². The van der Waals surface area contributed by atoms with Crippen molar-refractivity contribution in [3.63, 3.8) is 0 Å². The minimum atomic E-state index is -1.90. The summed E-state index contributed by atoms with van der Waals surface area (Å²) >= 11 is 0. The third-order valence-electron chi connectivity index (χ3n) is 6.98. The number of halogens is 1. The topological polar surface area (TPSA) is 87.2 Å². The molecule has 0 unspecified atom stereocenters. The molecule has 8 heteroatoms. The Bertz CT molecular complexity index is 1300. The minimum absolute atomic E-state index is 0.00557. The SMILES string of the molecule is C=CCN1C(=O)[C@]2(C(=C(O)c3ccc(C)c(F)c3)C(=O)C(=O)N2C[C@H]2CCCO2)c2ccccc21. The summed E-state index contributed by atoms with van der Waals surface area (Å²) in [5, 5.41) is 11.4. The molecule has 7 nitrogen and oxygen atoms in total. The third kappa shape index (κ3) is 3.24. The molecule has 5 rings (SSSR count). The number of aliphatic hydroxyl groups excluding tert-OH is 1. The fraction of sp³-hybridized carbons (Fsp3) is 0.296. The molecule has 3 aliphatic rings. The smallest absolute Gasteiger partial charge is 0.296 e. The highest BCUT2D eigenvalue weighted by Gasteiger charge is 2.67. The Hall–Kier alpha value is -3.78. The van der Waals surface area contributed by atoms with Crippen molar-refractivity contribution in [1.29, 1.82) is 0 Å². The van der Waals surface area contributed by atoms with Gasteiger partial charge < -0.3 is 19.6 Å². The molecule has 0 aromatic heterocycles. The Morgan fingerprint density at radius 2 is 2.03 bits per heavy atom. The maximum Gasteiger partial charge on any atom is 0.296 e. The summed E-state index contributed by atoms with van der Waals surface area (Å²) in [6.07, 6.45) is 2.68. The van der Waals surface area contributed by atoms with Gasteiger partial charge >= 0.3 is 0 Å². The van der Waals surface area contributed by atoms with Gasteiger partial charge in [-0.25, -0.2) is 4.39 Å². The summed E-state index contributed by atoms with van der Waals surface area (Å²) in [5.41, 5.74) is -0.987. The number of Topliss-reactive ketones (excluding diaryl/α,β-unsaturated/α-hetero) is 1. The Kier molecular flexibility index (Phi) is 5.56. The van der Waals surface area contributed by atoms with Crippen molar-refractivity contribution in [2.75, 3.05) is 24.6 Å². The predicted molar refractivity (Wildman–Crippen MR) is 127 cm³/mol. The number of ether oxygens (including phenoxy) is 1. The highest BCUT2D eigenvalue weighted by Crippen LogP contribution is 2.53. The number of carbonyl (C=O) groups excluding carboxylic acids is 3. The molecule has 1 spiro atoms. The number of rotatable bonds is 5. The molecule has 1 N–H and O–H groups in total. The average Bonchev–Trinajstić information content (AvgIpc) is 3.51. The average molecular weight is 477 g/mol. The van der Waals surface area contributed by atoms with Crippen LogP contribution in [0.4, 0.5) is 10.1 Å². The molecule has 2 amide bonds. The van der Waals surface area contributed by atoms with Gasteiger partial charge in [0.05, 0.1) is 17.4 Å². The van der Waals surface area contributed by atoms with E-state index in [9.17, 15) is 23.9 Å². The van der Waals surface area contributed by atoms with E-state index < -0.39 is 34.7 Å². The maximum atomic E-state index is 14.4. The zero-order chi connectivity index (χ0) is 24.9. The lowest BCUT2D eigenvalue weighted by atomic mass is 9.81. The number of fused-ring (bicyclic) bond motifs is 2. The Labute approximate surface area is 202 Å². The number of para-hydroxylation sites is 1. The first-order chi connectivity index (χ1) is 16.8. The molecule has 180 valence electrons. The molecule has 2 aromatic rings. The van der Waals surface area contributed by atoms with Gasteiger partial charge in [0.1, 0.15) is 11.6 Å². The number of aliphatic hydroxyl groups is 1. The second-order valence-corrected chi connectivity index (χ2v) is 9.00. The first kappa shape index (κ1) is 23.0. The van der Waals surface area contributed by atoms with Crippen molar-refractivity contribution in [2.45, 2.75) is 31.4 Å². The maximum absolute atomic E-state index is 14.4. The fourth-order valence-corrected chi connectivity index (χ4v) is 5.30. The van der Waals surface area contributed by atoms with Crippen LogP contribution in [0, 0.1) is 12.7 Å². The van der Waals surface area contributed by atoms with Crippen LogP contribution in [0.1, 0.15) is 29.5 Å². The monoisotopic (exact) mass is 476 g/mol. The number of hydrogen-bond donors (Lipinski definition) is 1. The Morgan fingerprint density at radius 3 is 2.71 bits per heavy atom. The largest absolute Gasteiger partial charge is 0.507 e. The summed E-state index contributed by atoms with van der Waals surface area (Å²) in [7, 11) is 0. The summed E-state index contributed by atoms with van der Waals surface area (Å²) in [6, 6.07) is 10.9. The van der Waals surface area contributed by atoms with Gasteiger partial charge in [-0.2, -0.15) is 0 Å². The van der Waals surface area contributed by atoms with Crippen LogP contribution in [0.25, 0.3) is 5.76 Å². The molecule has 0 aliphatic carbocycles. The lowest BCUT2D eigenvalue weighted by molar-refractivity contribution is -0.145. The van der Waals surface area contributed by atoms with Crippen molar-refractivity contribution in [3.05, 3.63) is 83.2 Å². The van der Waals surface area contributed by atoms with E-state index in [0.29, 0.717) is 29.8 Å². The van der Waals surface area contributed by atoms with Gasteiger partial charge in [0.25, 0.3) is 17.6 Å². The molecule has 2 atom stereocenters. The van der Waals surface area contributed by atoms with Gasteiger partial charge in [0, 0.05) is 30.8 Å². The van der Waals surface area contributed by atoms with Crippen LogP contribution in [-0.2, 0) is 24.7 Å². The Morgan fingerprint density at radius 1 is 1.26 bits per heavy atom. The molecule has 2 aromatic carbocycles. The number of benzene rings is 2. The molecular weight excluding hydrogens is 451 g/mol. The molecular formula is C27H25FN2O5. The van der Waals surface area contributed by atoms with Gasteiger partial charge in [0.15, 0.2) is 5.54 Å². The summed E-state index contributed by atoms with van der Waals surface area (Å²) in [5.74, 6) is -3.63. The number of carbonyl (C=O) groups is 3. The summed E-state index contributed by atoms with van der Waals surface area (Å²) < 4.78 is 20.1. The molecule has 35 heavy (non-hydrogen) atoms. The molecule has 0 bridgehead atoms. The van der Waals surface area contributed by atoms with Gasteiger partial charge in [-0.05, 0) is 37.5 Å². The lowest BCUT2D eigenvalue weighted by Crippen LogP contribution is -2.53. The quantitative estimate of drug-likeness (QED) is 0.309. The van der Waals surface area contributed by atoms with Crippen molar-refractivity contribution >= 4 is 29.0 Å². The number of hydrogen-bond acceptors (Lipinski definition) is 5. The van der Waals surface area contributed by atoms with E-state index in [4.69, 9.17) is 4.74 Å². The van der Waals surface area contributed by atoms with E-state index in [0.717, 1.165) is 12.5 Å². The minimum Gasteiger partial charge on any atom is -0.507 e. The van der Waals surface area contributed by atoms with E-state index >= 15 is 0 Å². The number of likely N-dealkylation sites (tertiary alicyclic amines) is 1. The first-order valence-electron chi connectivity index (χ1n) is 11.5. The van der Waals surface area contributed by atoms with E-state index in [1.807, 2.05) is 0 Å².